The van der Waals surface area contributed by atoms with E-state index in [1.807, 2.05) is 30.3 Å². The van der Waals surface area contributed by atoms with Crippen molar-refractivity contribution in [1.82, 2.24) is 5.32 Å². The third kappa shape index (κ3) is 3.29. The zero-order valence-corrected chi connectivity index (χ0v) is 16.6. The van der Waals surface area contributed by atoms with Crippen molar-refractivity contribution in [2.75, 3.05) is 19.8 Å². The molecule has 150 valence electrons. The predicted octanol–water partition coefficient (Wildman–Crippen LogP) is 3.14. The highest BCUT2D eigenvalue weighted by molar-refractivity contribution is 6.01. The van der Waals surface area contributed by atoms with E-state index in [2.05, 4.69) is 11.4 Å². The molecule has 0 spiro atoms. The average Bonchev–Trinajstić information content (AvgIpc) is 2.73. The Bertz CT molecular complexity index is 740. The molecule has 28 heavy (non-hydrogen) atoms. The first-order chi connectivity index (χ1) is 13.5. The summed E-state index contributed by atoms with van der Waals surface area (Å²) in [7, 11) is 0. The van der Waals surface area contributed by atoms with Gasteiger partial charge in [0.2, 0.25) is 0 Å². The minimum Gasteiger partial charge on any atom is -0.465 e. The number of hydrogen-bond acceptors (Lipinski definition) is 6. The number of benzene rings is 1. The van der Waals surface area contributed by atoms with Crippen LogP contribution in [0.5, 0.6) is 0 Å². The SMILES string of the molecule is CCOC(=O)C1(C(=O)OCC)CCC[C@]2(C#N)CN[C@@H](c3ccccc3)C[C@@H]12. The highest BCUT2D eigenvalue weighted by Crippen LogP contribution is 2.57. The van der Waals surface area contributed by atoms with E-state index in [4.69, 9.17) is 9.47 Å². The smallest absolute Gasteiger partial charge is 0.323 e. The second-order valence-corrected chi connectivity index (χ2v) is 7.67. The third-order valence-corrected chi connectivity index (χ3v) is 6.30. The summed E-state index contributed by atoms with van der Waals surface area (Å²) in [5.74, 6) is -1.55. The fourth-order valence-corrected chi connectivity index (χ4v) is 4.97. The molecule has 2 aliphatic rings. The lowest BCUT2D eigenvalue weighted by Crippen LogP contribution is -2.61. The predicted molar refractivity (Wildman–Crippen MR) is 103 cm³/mol. The number of piperidine rings is 1. The molecule has 0 radical (unpaired) electrons. The fraction of sp³-hybridized carbons (Fsp3) is 0.591. The van der Waals surface area contributed by atoms with E-state index in [1.165, 1.54) is 0 Å². The second-order valence-electron chi connectivity index (χ2n) is 7.67. The van der Waals surface area contributed by atoms with Crippen LogP contribution in [0.3, 0.4) is 0 Å². The van der Waals surface area contributed by atoms with Crippen LogP contribution in [0.1, 0.15) is 51.1 Å². The van der Waals surface area contributed by atoms with Gasteiger partial charge in [-0.05, 0) is 38.7 Å². The molecule has 3 atom stereocenters. The highest BCUT2D eigenvalue weighted by atomic mass is 16.6. The Hall–Kier alpha value is -2.39. The third-order valence-electron chi connectivity index (χ3n) is 6.30. The van der Waals surface area contributed by atoms with Crippen molar-refractivity contribution < 1.29 is 19.1 Å². The van der Waals surface area contributed by atoms with Gasteiger partial charge in [-0.2, -0.15) is 5.26 Å². The Morgan fingerprint density at radius 3 is 2.36 bits per heavy atom. The van der Waals surface area contributed by atoms with Gasteiger partial charge in [-0.25, -0.2) is 0 Å². The zero-order valence-electron chi connectivity index (χ0n) is 16.6. The van der Waals surface area contributed by atoms with Gasteiger partial charge < -0.3 is 14.8 Å². The summed E-state index contributed by atoms with van der Waals surface area (Å²) in [6.45, 7) is 4.27. The van der Waals surface area contributed by atoms with Crippen LogP contribution >= 0.6 is 0 Å². The van der Waals surface area contributed by atoms with Crippen LogP contribution in [0.15, 0.2) is 30.3 Å². The number of carbonyl (C=O) groups excluding carboxylic acids is 2. The lowest BCUT2D eigenvalue weighted by Gasteiger charge is -2.52. The normalized spacial score (nSPS) is 28.5. The van der Waals surface area contributed by atoms with Crippen LogP contribution in [-0.4, -0.2) is 31.7 Å². The number of carbonyl (C=O) groups is 2. The van der Waals surface area contributed by atoms with Crippen LogP contribution in [0.4, 0.5) is 0 Å². The molecular formula is C22H28N2O4. The van der Waals surface area contributed by atoms with Gasteiger partial charge in [0, 0.05) is 18.5 Å². The summed E-state index contributed by atoms with van der Waals surface area (Å²) in [4.78, 5) is 26.3. The average molecular weight is 384 g/mol. The first-order valence-corrected chi connectivity index (χ1v) is 10.1. The maximum absolute atomic E-state index is 13.1. The minimum atomic E-state index is -1.42. The number of hydrogen-bond donors (Lipinski definition) is 1. The second kappa shape index (κ2) is 8.32. The topological polar surface area (TPSA) is 88.4 Å². The summed E-state index contributed by atoms with van der Waals surface area (Å²) in [6, 6.07) is 12.4. The number of esters is 2. The summed E-state index contributed by atoms with van der Waals surface area (Å²) in [6.07, 6.45) is 2.14. The lowest BCUT2D eigenvalue weighted by atomic mass is 9.51. The van der Waals surface area contributed by atoms with E-state index in [0.29, 0.717) is 32.2 Å². The van der Waals surface area contributed by atoms with Crippen molar-refractivity contribution in [3.8, 4) is 6.07 Å². The van der Waals surface area contributed by atoms with Crippen molar-refractivity contribution in [2.24, 2.45) is 16.7 Å². The fourth-order valence-electron chi connectivity index (χ4n) is 4.97. The zero-order chi connectivity index (χ0) is 20.2. The molecule has 1 saturated carbocycles. The van der Waals surface area contributed by atoms with E-state index < -0.39 is 28.7 Å². The molecule has 2 fully saturated rings. The molecular weight excluding hydrogens is 356 g/mol. The van der Waals surface area contributed by atoms with Crippen molar-refractivity contribution >= 4 is 11.9 Å². The van der Waals surface area contributed by atoms with Gasteiger partial charge in [0.05, 0.1) is 24.7 Å². The van der Waals surface area contributed by atoms with Gasteiger partial charge >= 0.3 is 11.9 Å². The van der Waals surface area contributed by atoms with E-state index in [1.54, 1.807) is 13.8 Å². The summed E-state index contributed by atoms with van der Waals surface area (Å²) in [5, 5.41) is 13.6. The molecule has 1 saturated heterocycles. The number of ether oxygens (including phenoxy) is 2. The van der Waals surface area contributed by atoms with Crippen LogP contribution in [0.25, 0.3) is 0 Å². The van der Waals surface area contributed by atoms with Crippen molar-refractivity contribution in [3.05, 3.63) is 35.9 Å². The molecule has 1 aromatic rings. The molecule has 3 rings (SSSR count). The first-order valence-electron chi connectivity index (χ1n) is 10.1. The highest BCUT2D eigenvalue weighted by Gasteiger charge is 2.65. The van der Waals surface area contributed by atoms with Gasteiger partial charge in [0.25, 0.3) is 0 Å². The molecule has 0 bridgehead atoms. The molecule has 1 aliphatic carbocycles. The van der Waals surface area contributed by atoms with Gasteiger partial charge in [-0.15, -0.1) is 0 Å². The lowest BCUT2D eigenvalue weighted by molar-refractivity contribution is -0.187. The Kier molecular flexibility index (Phi) is 6.04. The molecule has 1 heterocycles. The molecule has 0 unspecified atom stereocenters. The van der Waals surface area contributed by atoms with Crippen LogP contribution in [0.2, 0.25) is 0 Å². The van der Waals surface area contributed by atoms with Crippen LogP contribution in [-0.2, 0) is 19.1 Å². The van der Waals surface area contributed by atoms with E-state index in [9.17, 15) is 14.9 Å². The molecule has 1 aliphatic heterocycles. The maximum Gasteiger partial charge on any atom is 0.323 e. The molecule has 6 nitrogen and oxygen atoms in total. The molecule has 6 heteroatoms. The monoisotopic (exact) mass is 384 g/mol. The number of nitrogens with one attached hydrogen (secondary N) is 1. The largest absolute Gasteiger partial charge is 0.465 e. The molecule has 1 N–H and O–H groups in total. The number of nitrogens with zero attached hydrogens (tertiary/aromatic N) is 1. The van der Waals surface area contributed by atoms with Gasteiger partial charge in [0.1, 0.15) is 0 Å². The van der Waals surface area contributed by atoms with Gasteiger partial charge in [-0.1, -0.05) is 36.8 Å². The summed E-state index contributed by atoms with van der Waals surface area (Å²) < 4.78 is 10.7. The molecule has 1 aromatic carbocycles. The standard InChI is InChI=1S/C22H28N2O4/c1-3-27-19(25)22(20(26)28-4-2)12-8-11-21(14-23)15-24-17(13-18(21)22)16-9-6-5-7-10-16/h5-7,9-10,17-18,24H,3-4,8,11-13,15H2,1-2H3/t17-,18-,21+/m1/s1. The summed E-state index contributed by atoms with van der Waals surface area (Å²) in [5.41, 5.74) is -1.13. The molecule has 0 aromatic heterocycles. The van der Waals surface area contributed by atoms with Crippen LogP contribution < -0.4 is 5.32 Å². The van der Waals surface area contributed by atoms with E-state index in [-0.39, 0.29) is 19.3 Å². The Morgan fingerprint density at radius 1 is 1.14 bits per heavy atom. The Morgan fingerprint density at radius 2 is 1.79 bits per heavy atom. The Balaban J connectivity index is 2.06. The van der Waals surface area contributed by atoms with Crippen molar-refractivity contribution in [2.45, 2.75) is 45.6 Å². The summed E-state index contributed by atoms with van der Waals surface area (Å²) >= 11 is 0. The minimum absolute atomic E-state index is 0.0333. The molecule has 0 amide bonds. The van der Waals surface area contributed by atoms with Gasteiger partial charge in [-0.3, -0.25) is 9.59 Å². The van der Waals surface area contributed by atoms with Crippen LogP contribution in [0, 0.1) is 28.1 Å². The number of rotatable bonds is 5. The van der Waals surface area contributed by atoms with E-state index in [0.717, 1.165) is 5.56 Å². The number of nitriles is 1. The Labute approximate surface area is 166 Å². The van der Waals surface area contributed by atoms with E-state index >= 15 is 0 Å². The quantitative estimate of drug-likeness (QED) is 0.620. The maximum atomic E-state index is 13.1. The first kappa shape index (κ1) is 20.3. The van der Waals surface area contributed by atoms with Crippen molar-refractivity contribution in [1.29, 1.82) is 5.26 Å². The number of fused-ring (bicyclic) bond motifs is 1. The van der Waals surface area contributed by atoms with Crippen molar-refractivity contribution in [3.63, 3.8) is 0 Å². The van der Waals surface area contributed by atoms with Gasteiger partial charge in [0.15, 0.2) is 5.41 Å².